The lowest BCUT2D eigenvalue weighted by Gasteiger charge is -2.32. The van der Waals surface area contributed by atoms with Crippen LogP contribution < -0.4 is 10.1 Å². The van der Waals surface area contributed by atoms with E-state index >= 15 is 0 Å². The number of methoxy groups -OCH3 is 1. The summed E-state index contributed by atoms with van der Waals surface area (Å²) in [7, 11) is 1.65. The molecule has 1 aliphatic heterocycles. The van der Waals surface area contributed by atoms with E-state index in [2.05, 4.69) is 32.9 Å². The van der Waals surface area contributed by atoms with Crippen molar-refractivity contribution in [1.82, 2.24) is 9.88 Å². The van der Waals surface area contributed by atoms with Crippen molar-refractivity contribution >= 4 is 34.3 Å². The number of piperidine rings is 1. The Morgan fingerprint density at radius 1 is 1.25 bits per heavy atom. The third-order valence-electron chi connectivity index (χ3n) is 4.19. The van der Waals surface area contributed by atoms with Crippen LogP contribution in [0.2, 0.25) is 0 Å². The Labute approximate surface area is 155 Å². The summed E-state index contributed by atoms with van der Waals surface area (Å²) in [5.74, 6) is 1.72. The van der Waals surface area contributed by atoms with E-state index < -0.39 is 0 Å². The molecule has 0 spiro atoms. The number of halogens is 1. The second-order valence-electron chi connectivity index (χ2n) is 5.80. The average molecular weight is 437 g/mol. The van der Waals surface area contributed by atoms with E-state index in [9.17, 15) is 4.79 Å². The van der Waals surface area contributed by atoms with E-state index in [0.29, 0.717) is 6.04 Å². The first-order valence-electron chi connectivity index (χ1n) is 7.97. The number of benzene rings is 1. The lowest BCUT2D eigenvalue weighted by molar-refractivity contribution is 0.0718. The first-order valence-corrected chi connectivity index (χ1v) is 9.05. The van der Waals surface area contributed by atoms with Crippen molar-refractivity contribution in [2.24, 2.45) is 0 Å². The van der Waals surface area contributed by atoms with Crippen LogP contribution in [-0.4, -0.2) is 42.0 Å². The fourth-order valence-electron chi connectivity index (χ4n) is 2.83. The van der Waals surface area contributed by atoms with Gasteiger partial charge in [-0.1, -0.05) is 0 Å². The van der Waals surface area contributed by atoms with Crippen LogP contribution in [0.3, 0.4) is 0 Å². The standard InChI is InChI=1S/C18H20IN3O2/c1-24-16-6-9-20-17(12-16)21-15-7-10-22(11-8-15)18(23)13-2-4-14(19)5-3-13/h2-6,9,12,15H,7-8,10-11H2,1H3,(H,20,21). The van der Waals surface area contributed by atoms with Gasteiger partial charge >= 0.3 is 0 Å². The molecule has 126 valence electrons. The van der Waals surface area contributed by atoms with Gasteiger partial charge in [0, 0.05) is 40.5 Å². The maximum Gasteiger partial charge on any atom is 0.253 e. The predicted octanol–water partition coefficient (Wildman–Crippen LogP) is 3.41. The number of ether oxygens (including phenoxy) is 1. The van der Waals surface area contributed by atoms with Crippen molar-refractivity contribution in [3.63, 3.8) is 0 Å². The highest BCUT2D eigenvalue weighted by atomic mass is 127. The Kier molecular flexibility index (Phi) is 5.55. The van der Waals surface area contributed by atoms with Crippen LogP contribution in [0.15, 0.2) is 42.6 Å². The smallest absolute Gasteiger partial charge is 0.253 e. The molecule has 0 atom stereocenters. The zero-order valence-corrected chi connectivity index (χ0v) is 15.7. The molecule has 6 heteroatoms. The number of aromatic nitrogens is 1. The minimum atomic E-state index is 0.115. The van der Waals surface area contributed by atoms with E-state index in [-0.39, 0.29) is 5.91 Å². The second kappa shape index (κ2) is 7.83. The van der Waals surface area contributed by atoms with Crippen molar-refractivity contribution < 1.29 is 9.53 Å². The molecule has 2 aromatic rings. The molecule has 1 fully saturated rings. The highest BCUT2D eigenvalue weighted by molar-refractivity contribution is 14.1. The lowest BCUT2D eigenvalue weighted by Crippen LogP contribution is -2.42. The fourth-order valence-corrected chi connectivity index (χ4v) is 3.19. The molecule has 24 heavy (non-hydrogen) atoms. The van der Waals surface area contributed by atoms with Crippen LogP contribution in [0.5, 0.6) is 5.75 Å². The first kappa shape index (κ1) is 17.0. The Balaban J connectivity index is 1.55. The van der Waals surface area contributed by atoms with E-state index in [1.54, 1.807) is 13.3 Å². The van der Waals surface area contributed by atoms with E-state index in [1.807, 2.05) is 41.3 Å². The molecular weight excluding hydrogens is 417 g/mol. The molecule has 0 unspecified atom stereocenters. The number of nitrogens with one attached hydrogen (secondary N) is 1. The Morgan fingerprint density at radius 3 is 2.62 bits per heavy atom. The van der Waals surface area contributed by atoms with Gasteiger partial charge in [0.2, 0.25) is 0 Å². The summed E-state index contributed by atoms with van der Waals surface area (Å²) < 4.78 is 6.35. The molecule has 1 saturated heterocycles. The van der Waals surface area contributed by atoms with Crippen molar-refractivity contribution in [1.29, 1.82) is 0 Å². The molecule has 1 aromatic heterocycles. The Morgan fingerprint density at radius 2 is 1.96 bits per heavy atom. The van der Waals surface area contributed by atoms with Crippen LogP contribution in [0, 0.1) is 3.57 Å². The molecule has 0 aliphatic carbocycles. The minimum Gasteiger partial charge on any atom is -0.497 e. The molecular formula is C18H20IN3O2. The van der Waals surface area contributed by atoms with E-state index in [4.69, 9.17) is 4.74 Å². The highest BCUT2D eigenvalue weighted by Crippen LogP contribution is 2.20. The normalized spacial score (nSPS) is 15.2. The maximum atomic E-state index is 12.5. The number of hydrogen-bond acceptors (Lipinski definition) is 4. The van der Waals surface area contributed by atoms with Gasteiger partial charge in [-0.3, -0.25) is 4.79 Å². The molecule has 0 saturated carbocycles. The van der Waals surface area contributed by atoms with Crippen molar-refractivity contribution in [2.45, 2.75) is 18.9 Å². The SMILES string of the molecule is COc1ccnc(NC2CCN(C(=O)c3ccc(I)cc3)CC2)c1. The quantitative estimate of drug-likeness (QED) is 0.746. The van der Waals surface area contributed by atoms with Crippen molar-refractivity contribution in [3.05, 3.63) is 51.7 Å². The number of carbonyl (C=O) groups excluding carboxylic acids is 1. The molecule has 1 N–H and O–H groups in total. The van der Waals surface area contributed by atoms with Gasteiger partial charge in [-0.2, -0.15) is 0 Å². The summed E-state index contributed by atoms with van der Waals surface area (Å²) in [6.07, 6.45) is 3.56. The highest BCUT2D eigenvalue weighted by Gasteiger charge is 2.23. The van der Waals surface area contributed by atoms with Crippen LogP contribution >= 0.6 is 22.6 Å². The Hall–Kier alpha value is -1.83. The van der Waals surface area contributed by atoms with Gasteiger partial charge in [0.15, 0.2) is 0 Å². The number of rotatable bonds is 4. The van der Waals surface area contributed by atoms with Gasteiger partial charge in [0.1, 0.15) is 11.6 Å². The molecule has 2 heterocycles. The van der Waals surface area contributed by atoms with Gasteiger partial charge in [-0.15, -0.1) is 0 Å². The molecule has 1 amide bonds. The summed E-state index contributed by atoms with van der Waals surface area (Å²) >= 11 is 2.24. The first-order chi connectivity index (χ1) is 11.7. The summed E-state index contributed by atoms with van der Waals surface area (Å²) in [5, 5.41) is 3.43. The zero-order valence-electron chi connectivity index (χ0n) is 13.5. The van der Waals surface area contributed by atoms with Gasteiger partial charge in [0.05, 0.1) is 7.11 Å². The monoisotopic (exact) mass is 437 g/mol. The molecule has 5 nitrogen and oxygen atoms in total. The predicted molar refractivity (Wildman–Crippen MR) is 102 cm³/mol. The number of amides is 1. The third-order valence-corrected chi connectivity index (χ3v) is 4.91. The summed E-state index contributed by atoms with van der Waals surface area (Å²) in [6, 6.07) is 11.8. The number of likely N-dealkylation sites (tertiary alicyclic amines) is 1. The average Bonchev–Trinajstić information content (AvgIpc) is 2.62. The zero-order chi connectivity index (χ0) is 16.9. The van der Waals surface area contributed by atoms with Crippen LogP contribution in [0.4, 0.5) is 5.82 Å². The second-order valence-corrected chi connectivity index (χ2v) is 7.04. The molecule has 1 aromatic carbocycles. The number of anilines is 1. The lowest BCUT2D eigenvalue weighted by atomic mass is 10.0. The van der Waals surface area contributed by atoms with Crippen LogP contribution in [-0.2, 0) is 0 Å². The molecule has 1 aliphatic rings. The topological polar surface area (TPSA) is 54.5 Å². The van der Waals surface area contributed by atoms with Gasteiger partial charge in [0.25, 0.3) is 5.91 Å². The number of carbonyl (C=O) groups is 1. The third kappa shape index (κ3) is 4.17. The van der Waals surface area contributed by atoms with Crippen LogP contribution in [0.1, 0.15) is 23.2 Å². The van der Waals surface area contributed by atoms with Crippen molar-refractivity contribution in [3.8, 4) is 5.75 Å². The van der Waals surface area contributed by atoms with Crippen molar-refractivity contribution in [2.75, 3.05) is 25.5 Å². The Bertz CT molecular complexity index is 698. The molecule has 0 bridgehead atoms. The minimum absolute atomic E-state index is 0.115. The number of nitrogens with zero attached hydrogens (tertiary/aromatic N) is 2. The van der Waals surface area contributed by atoms with E-state index in [1.165, 1.54) is 0 Å². The maximum absolute atomic E-state index is 12.5. The largest absolute Gasteiger partial charge is 0.497 e. The van der Waals surface area contributed by atoms with Gasteiger partial charge in [-0.05, 0) is 65.8 Å². The van der Waals surface area contributed by atoms with Gasteiger partial charge < -0.3 is 15.0 Å². The summed E-state index contributed by atoms with van der Waals surface area (Å²) in [4.78, 5) is 18.8. The van der Waals surface area contributed by atoms with Crippen LogP contribution in [0.25, 0.3) is 0 Å². The van der Waals surface area contributed by atoms with Gasteiger partial charge in [-0.25, -0.2) is 4.98 Å². The molecule has 0 radical (unpaired) electrons. The summed E-state index contributed by atoms with van der Waals surface area (Å²) in [6.45, 7) is 1.51. The summed E-state index contributed by atoms with van der Waals surface area (Å²) in [5.41, 5.74) is 0.760. The molecule has 3 rings (SSSR count). The fraction of sp³-hybridized carbons (Fsp3) is 0.333. The number of pyridine rings is 1. The van der Waals surface area contributed by atoms with E-state index in [0.717, 1.165) is 46.6 Å². The number of hydrogen-bond donors (Lipinski definition) is 1.